The average Bonchev–Trinajstić information content (AvgIpc) is 4.12. The minimum Gasteiger partial charge on any atom is -0.310 e. The van der Waals surface area contributed by atoms with Crippen LogP contribution in [-0.2, 0) is 10.8 Å². The summed E-state index contributed by atoms with van der Waals surface area (Å²) < 4.78 is 0. The van der Waals surface area contributed by atoms with E-state index in [0.29, 0.717) is 5.92 Å². The molecule has 0 aliphatic heterocycles. The van der Waals surface area contributed by atoms with Crippen molar-refractivity contribution in [2.75, 3.05) is 4.90 Å². The Hall–Kier alpha value is -7.22. The molecule has 4 aliphatic rings. The summed E-state index contributed by atoms with van der Waals surface area (Å²) >= 11 is 0. The molecule has 9 aromatic carbocycles. The van der Waals surface area contributed by atoms with Crippen molar-refractivity contribution in [3.8, 4) is 66.8 Å². The monoisotopic (exact) mass is 833 g/mol. The van der Waals surface area contributed by atoms with Gasteiger partial charge in [0.1, 0.15) is 0 Å². The maximum atomic E-state index is 2.59. The van der Waals surface area contributed by atoms with Gasteiger partial charge in [-0.05, 0) is 151 Å². The van der Waals surface area contributed by atoms with E-state index in [1.54, 1.807) is 5.56 Å². The largest absolute Gasteiger partial charge is 0.310 e. The second-order valence-corrected chi connectivity index (χ2v) is 19.6. The highest BCUT2D eigenvalue weighted by molar-refractivity contribution is 5.94. The first kappa shape index (κ1) is 38.3. The predicted molar refractivity (Wildman–Crippen MR) is 272 cm³/mol. The fraction of sp³-hybridized carbons (Fsp3) is 0.156. The Kier molecular flexibility index (Phi) is 8.63. The molecule has 9 aromatic rings. The van der Waals surface area contributed by atoms with E-state index in [2.05, 4.69) is 231 Å². The van der Waals surface area contributed by atoms with Crippen molar-refractivity contribution < 1.29 is 0 Å². The molecule has 4 aliphatic carbocycles. The van der Waals surface area contributed by atoms with E-state index in [1.807, 2.05) is 0 Å². The predicted octanol–water partition coefficient (Wildman–Crippen LogP) is 17.2. The molecule has 0 saturated heterocycles. The van der Waals surface area contributed by atoms with E-state index in [1.165, 1.54) is 121 Å². The van der Waals surface area contributed by atoms with Gasteiger partial charge in [-0.15, -0.1) is 0 Å². The molecule has 65 heavy (non-hydrogen) atoms. The Balaban J connectivity index is 0.975. The molecule has 0 N–H and O–H groups in total. The Bertz CT molecular complexity index is 3320. The van der Waals surface area contributed by atoms with Crippen LogP contribution in [-0.4, -0.2) is 0 Å². The van der Waals surface area contributed by atoms with Crippen molar-refractivity contribution in [3.05, 3.63) is 235 Å². The van der Waals surface area contributed by atoms with Crippen molar-refractivity contribution in [1.82, 2.24) is 0 Å². The Morgan fingerprint density at radius 2 is 0.923 bits per heavy atom. The van der Waals surface area contributed by atoms with E-state index in [9.17, 15) is 0 Å². The summed E-state index contributed by atoms with van der Waals surface area (Å²) in [5.41, 5.74) is 24.9. The number of hydrogen-bond acceptors (Lipinski definition) is 1. The lowest BCUT2D eigenvalue weighted by Crippen LogP contribution is -2.32. The van der Waals surface area contributed by atoms with Crippen LogP contribution < -0.4 is 4.90 Å². The first-order valence-corrected chi connectivity index (χ1v) is 23.7. The number of rotatable bonds is 7. The molecular formula is C64H51N. The first-order chi connectivity index (χ1) is 32.0. The average molecular weight is 834 g/mol. The molecule has 3 unspecified atom stereocenters. The summed E-state index contributed by atoms with van der Waals surface area (Å²) in [7, 11) is 0. The highest BCUT2D eigenvalue weighted by atomic mass is 15.1. The SMILES string of the molecule is CC1(C)c2ccccc2-c2cccc(-c3ccc(N(c4ccc5c(c4)C4(CC6CCC4C6)c4ccccc4-5)c4ccccc4-c4cccc(-c5ccccc5-c5ccccc5)c4)cc3)c21. The summed E-state index contributed by atoms with van der Waals surface area (Å²) in [5.74, 6) is 1.50. The molecule has 2 saturated carbocycles. The summed E-state index contributed by atoms with van der Waals surface area (Å²) in [5, 5.41) is 0. The zero-order chi connectivity index (χ0) is 43.3. The van der Waals surface area contributed by atoms with Crippen LogP contribution in [0.25, 0.3) is 66.8 Å². The van der Waals surface area contributed by atoms with Crippen LogP contribution in [0.15, 0.2) is 212 Å². The minimum absolute atomic E-state index is 0.0818. The lowest BCUT2D eigenvalue weighted by Gasteiger charge is -2.37. The fourth-order valence-electron chi connectivity index (χ4n) is 13.2. The topological polar surface area (TPSA) is 3.24 Å². The van der Waals surface area contributed by atoms with Crippen LogP contribution in [0.4, 0.5) is 17.1 Å². The molecule has 1 nitrogen and oxygen atoms in total. The van der Waals surface area contributed by atoms with Crippen molar-refractivity contribution in [3.63, 3.8) is 0 Å². The van der Waals surface area contributed by atoms with Gasteiger partial charge in [-0.1, -0.05) is 196 Å². The van der Waals surface area contributed by atoms with E-state index in [-0.39, 0.29) is 10.8 Å². The highest BCUT2D eigenvalue weighted by Crippen LogP contribution is 2.66. The number of para-hydroxylation sites is 1. The van der Waals surface area contributed by atoms with E-state index in [0.717, 1.165) is 11.6 Å². The maximum Gasteiger partial charge on any atom is 0.0540 e. The smallest absolute Gasteiger partial charge is 0.0540 e. The van der Waals surface area contributed by atoms with Crippen LogP contribution in [0.1, 0.15) is 61.8 Å². The van der Waals surface area contributed by atoms with Gasteiger partial charge in [-0.3, -0.25) is 0 Å². The van der Waals surface area contributed by atoms with E-state index >= 15 is 0 Å². The Morgan fingerprint density at radius 3 is 1.66 bits per heavy atom. The molecule has 0 heterocycles. The van der Waals surface area contributed by atoms with Crippen LogP contribution >= 0.6 is 0 Å². The maximum absolute atomic E-state index is 2.59. The van der Waals surface area contributed by atoms with Crippen molar-refractivity contribution in [1.29, 1.82) is 0 Å². The minimum atomic E-state index is -0.0973. The van der Waals surface area contributed by atoms with Gasteiger partial charge in [0.25, 0.3) is 0 Å². The Morgan fingerprint density at radius 1 is 0.385 bits per heavy atom. The zero-order valence-corrected chi connectivity index (χ0v) is 37.1. The summed E-state index contributed by atoms with van der Waals surface area (Å²) in [6, 6.07) is 79.9. The third-order valence-electron chi connectivity index (χ3n) is 15.9. The number of benzene rings is 9. The first-order valence-electron chi connectivity index (χ1n) is 23.7. The van der Waals surface area contributed by atoms with Gasteiger partial charge in [-0.2, -0.15) is 0 Å². The molecular weight excluding hydrogens is 783 g/mol. The molecule has 1 heteroatoms. The van der Waals surface area contributed by atoms with Crippen molar-refractivity contribution >= 4 is 17.1 Å². The van der Waals surface area contributed by atoms with Crippen LogP contribution in [0.5, 0.6) is 0 Å². The lowest BCUT2D eigenvalue weighted by atomic mass is 9.67. The third kappa shape index (κ3) is 5.77. The van der Waals surface area contributed by atoms with E-state index in [4.69, 9.17) is 0 Å². The number of hydrogen-bond donors (Lipinski definition) is 0. The summed E-state index contributed by atoms with van der Waals surface area (Å²) in [6.07, 6.45) is 5.31. The van der Waals surface area contributed by atoms with Gasteiger partial charge in [0.2, 0.25) is 0 Å². The van der Waals surface area contributed by atoms with Gasteiger partial charge < -0.3 is 4.90 Å². The Labute approximate surface area is 383 Å². The second kappa shape index (κ2) is 14.7. The number of anilines is 3. The van der Waals surface area contributed by atoms with Crippen LogP contribution in [0.3, 0.4) is 0 Å². The molecule has 0 aromatic heterocycles. The van der Waals surface area contributed by atoms with Gasteiger partial charge in [-0.25, -0.2) is 0 Å². The molecule has 2 bridgehead atoms. The molecule has 0 radical (unpaired) electrons. The van der Waals surface area contributed by atoms with E-state index < -0.39 is 0 Å². The molecule has 2 fully saturated rings. The molecule has 0 amide bonds. The molecule has 3 atom stereocenters. The number of nitrogens with zero attached hydrogens (tertiary/aromatic N) is 1. The quantitative estimate of drug-likeness (QED) is 0.155. The van der Waals surface area contributed by atoms with Crippen molar-refractivity contribution in [2.45, 2.75) is 50.4 Å². The van der Waals surface area contributed by atoms with Gasteiger partial charge in [0, 0.05) is 27.8 Å². The summed E-state index contributed by atoms with van der Waals surface area (Å²) in [4.78, 5) is 2.54. The van der Waals surface area contributed by atoms with Crippen LogP contribution in [0.2, 0.25) is 0 Å². The van der Waals surface area contributed by atoms with Gasteiger partial charge in [0.05, 0.1) is 5.69 Å². The molecule has 13 rings (SSSR count). The second-order valence-electron chi connectivity index (χ2n) is 19.6. The summed E-state index contributed by atoms with van der Waals surface area (Å²) in [6.45, 7) is 4.77. The van der Waals surface area contributed by atoms with Gasteiger partial charge in [0.15, 0.2) is 0 Å². The van der Waals surface area contributed by atoms with Crippen molar-refractivity contribution in [2.24, 2.45) is 11.8 Å². The lowest BCUT2D eigenvalue weighted by molar-refractivity contribution is 0.327. The van der Waals surface area contributed by atoms with Crippen LogP contribution in [0, 0.1) is 11.8 Å². The fourth-order valence-corrected chi connectivity index (χ4v) is 13.2. The molecule has 312 valence electrons. The molecule has 1 spiro atoms. The normalized spacial score (nSPS) is 19.2. The highest BCUT2D eigenvalue weighted by Gasteiger charge is 2.56. The standard InChI is InChI=1S/C64H51N/c1-63(2)58-27-11-8-24-55(58)57-26-15-25-53(62(57)63)44-31-34-48(35-32-44)65(49-36-37-56-54-23-9-12-28-59(54)64(60(56)40-49)41-42-30-33-47(64)38-42)61-29-13-10-22-52(61)46-19-14-18-45(39-46)51-21-7-6-20-50(51)43-16-4-3-5-17-43/h3-29,31-32,34-37,39-40,42,47H,30,33,38,41H2,1-2H3. The third-order valence-corrected chi connectivity index (χ3v) is 15.9. The van der Waals surface area contributed by atoms with Gasteiger partial charge >= 0.3 is 0 Å². The zero-order valence-electron chi connectivity index (χ0n) is 37.1. The number of fused-ring (bicyclic) bond motifs is 11.